The number of carbonyl (C=O) groups is 1. The van der Waals surface area contributed by atoms with Crippen LogP contribution in [0, 0.1) is 0 Å². The summed E-state index contributed by atoms with van der Waals surface area (Å²) in [5.74, 6) is -0.00812. The minimum absolute atomic E-state index is 0.00812. The molecule has 0 bridgehead atoms. The quantitative estimate of drug-likeness (QED) is 0.859. The first-order valence-electron chi connectivity index (χ1n) is 5.18. The number of aliphatic hydroxyl groups is 1. The minimum atomic E-state index is -0.913. The van der Waals surface area contributed by atoms with Crippen LogP contribution in [0.1, 0.15) is 25.3 Å². The predicted octanol–water partition coefficient (Wildman–Crippen LogP) is 2.95. The van der Waals surface area contributed by atoms with Crippen LogP contribution in [0.5, 0.6) is 0 Å². The zero-order valence-electron chi connectivity index (χ0n) is 9.03. The van der Waals surface area contributed by atoms with Crippen molar-refractivity contribution in [2.75, 3.05) is 0 Å². The van der Waals surface area contributed by atoms with Crippen LogP contribution in [0.4, 0.5) is 0 Å². The number of carbonyl (C=O) groups excluding carboxylic acids is 1. The number of benzene rings is 1. The summed E-state index contributed by atoms with van der Waals surface area (Å²) in [7, 11) is 0. The van der Waals surface area contributed by atoms with E-state index >= 15 is 0 Å². The highest BCUT2D eigenvalue weighted by Crippen LogP contribution is 2.32. The maximum absolute atomic E-state index is 11.5. The maximum Gasteiger partial charge on any atom is 0.158 e. The van der Waals surface area contributed by atoms with Gasteiger partial charge in [-0.15, -0.1) is 0 Å². The van der Waals surface area contributed by atoms with Crippen molar-refractivity contribution < 1.29 is 9.90 Å². The second-order valence-electron chi connectivity index (χ2n) is 4.50. The Labute approximate surface area is 103 Å². The Balaban J connectivity index is 2.38. The molecule has 0 radical (unpaired) electrons. The van der Waals surface area contributed by atoms with E-state index in [0.717, 1.165) is 15.6 Å². The van der Waals surface area contributed by atoms with Gasteiger partial charge >= 0.3 is 0 Å². The van der Waals surface area contributed by atoms with Crippen LogP contribution >= 0.6 is 15.9 Å². The van der Waals surface area contributed by atoms with Gasteiger partial charge in [-0.2, -0.15) is 0 Å². The first-order chi connectivity index (χ1) is 7.46. The largest absolute Gasteiger partial charge is 0.389 e. The molecule has 2 rings (SSSR count). The summed E-state index contributed by atoms with van der Waals surface area (Å²) in [6.07, 6.45) is 2.37. The number of allylic oxidation sites excluding steroid dienone is 1. The van der Waals surface area contributed by atoms with E-state index in [9.17, 15) is 9.90 Å². The molecule has 1 aromatic rings. The number of ketones is 1. The summed E-state index contributed by atoms with van der Waals surface area (Å²) in [6, 6.07) is 7.77. The predicted molar refractivity (Wildman–Crippen MR) is 67.0 cm³/mol. The fraction of sp³-hybridized carbons (Fsp3) is 0.308. The summed E-state index contributed by atoms with van der Waals surface area (Å²) in [5.41, 5.74) is 0.981. The Morgan fingerprint density at radius 2 is 2.12 bits per heavy atom. The van der Waals surface area contributed by atoms with Crippen molar-refractivity contribution in [3.8, 4) is 0 Å². The summed E-state index contributed by atoms with van der Waals surface area (Å²) >= 11 is 3.40. The van der Waals surface area contributed by atoms with Gasteiger partial charge in [0.15, 0.2) is 5.78 Å². The number of halogens is 1. The minimum Gasteiger partial charge on any atom is -0.389 e. The van der Waals surface area contributed by atoms with Crippen LogP contribution in [-0.4, -0.2) is 16.5 Å². The van der Waals surface area contributed by atoms with Crippen LogP contribution in [0.3, 0.4) is 0 Å². The molecular weight excluding hydrogens is 268 g/mol. The van der Waals surface area contributed by atoms with E-state index in [1.807, 2.05) is 24.3 Å². The van der Waals surface area contributed by atoms with Crippen LogP contribution in [0.2, 0.25) is 0 Å². The molecule has 0 aromatic heterocycles. The molecule has 1 aliphatic rings. The first kappa shape index (κ1) is 11.6. The second-order valence-corrected chi connectivity index (χ2v) is 5.41. The van der Waals surface area contributed by atoms with Gasteiger partial charge in [0.25, 0.3) is 0 Å². The lowest BCUT2D eigenvalue weighted by atomic mass is 9.83. The standard InChI is InChI=1S/C13H13BrO2/c1-13(16)7-10(6-12(15)8-13)9-3-2-4-11(14)5-9/h2-6,16H,7-8H2,1H3/t13-/m0/s1. The lowest BCUT2D eigenvalue weighted by Crippen LogP contribution is -2.30. The zero-order valence-corrected chi connectivity index (χ0v) is 10.6. The monoisotopic (exact) mass is 280 g/mol. The molecule has 0 saturated heterocycles. The molecule has 3 heteroatoms. The Bertz CT molecular complexity index is 461. The van der Waals surface area contributed by atoms with Gasteiger partial charge in [-0.05, 0) is 36.3 Å². The van der Waals surface area contributed by atoms with E-state index in [1.54, 1.807) is 13.0 Å². The lowest BCUT2D eigenvalue weighted by molar-refractivity contribution is -0.119. The van der Waals surface area contributed by atoms with Gasteiger partial charge in [-0.25, -0.2) is 0 Å². The number of hydrogen-bond acceptors (Lipinski definition) is 2. The Kier molecular flexibility index (Phi) is 3.00. The zero-order chi connectivity index (χ0) is 11.8. The molecule has 0 amide bonds. The van der Waals surface area contributed by atoms with Gasteiger partial charge in [0.2, 0.25) is 0 Å². The molecule has 0 fully saturated rings. The van der Waals surface area contributed by atoms with Gasteiger partial charge in [0.1, 0.15) is 0 Å². The smallest absolute Gasteiger partial charge is 0.158 e. The van der Waals surface area contributed by atoms with Crippen LogP contribution in [0.15, 0.2) is 34.8 Å². The summed E-state index contributed by atoms with van der Waals surface area (Å²) < 4.78 is 0.976. The maximum atomic E-state index is 11.5. The molecular formula is C13H13BrO2. The molecule has 1 aromatic carbocycles. The average molecular weight is 281 g/mol. The normalized spacial score (nSPS) is 25.4. The van der Waals surface area contributed by atoms with Crippen molar-refractivity contribution in [2.24, 2.45) is 0 Å². The van der Waals surface area contributed by atoms with E-state index in [-0.39, 0.29) is 12.2 Å². The van der Waals surface area contributed by atoms with Crippen molar-refractivity contribution in [2.45, 2.75) is 25.4 Å². The molecule has 1 atom stereocenters. The molecule has 0 aliphatic heterocycles. The fourth-order valence-corrected chi connectivity index (χ4v) is 2.42. The van der Waals surface area contributed by atoms with E-state index in [2.05, 4.69) is 15.9 Å². The SMILES string of the molecule is C[C@@]1(O)CC(=O)C=C(c2cccc(Br)c2)C1. The van der Waals surface area contributed by atoms with Gasteiger partial charge in [-0.3, -0.25) is 4.79 Å². The van der Waals surface area contributed by atoms with E-state index in [4.69, 9.17) is 0 Å². The highest BCUT2D eigenvalue weighted by atomic mass is 79.9. The van der Waals surface area contributed by atoms with Crippen molar-refractivity contribution in [3.63, 3.8) is 0 Å². The topological polar surface area (TPSA) is 37.3 Å². The van der Waals surface area contributed by atoms with Crippen LogP contribution in [0.25, 0.3) is 5.57 Å². The third-order valence-corrected chi connectivity index (χ3v) is 3.15. The van der Waals surface area contributed by atoms with Crippen molar-refractivity contribution in [1.29, 1.82) is 0 Å². The van der Waals surface area contributed by atoms with Crippen molar-refractivity contribution >= 4 is 27.3 Å². The van der Waals surface area contributed by atoms with Crippen LogP contribution in [-0.2, 0) is 4.79 Å². The van der Waals surface area contributed by atoms with E-state index in [1.165, 1.54) is 0 Å². The highest BCUT2D eigenvalue weighted by Gasteiger charge is 2.29. The summed E-state index contributed by atoms with van der Waals surface area (Å²) in [6.45, 7) is 1.70. The van der Waals surface area contributed by atoms with Gasteiger partial charge < -0.3 is 5.11 Å². The molecule has 0 saturated carbocycles. The molecule has 84 valence electrons. The Morgan fingerprint density at radius 1 is 1.38 bits per heavy atom. The molecule has 2 nitrogen and oxygen atoms in total. The molecule has 0 heterocycles. The van der Waals surface area contributed by atoms with Gasteiger partial charge in [0, 0.05) is 17.3 Å². The Hall–Kier alpha value is -0.930. The fourth-order valence-electron chi connectivity index (χ4n) is 2.02. The average Bonchev–Trinajstić information content (AvgIpc) is 2.14. The second kappa shape index (κ2) is 4.15. The third kappa shape index (κ3) is 2.60. The molecule has 0 spiro atoms. The molecule has 16 heavy (non-hydrogen) atoms. The van der Waals surface area contributed by atoms with Crippen molar-refractivity contribution in [1.82, 2.24) is 0 Å². The Morgan fingerprint density at radius 3 is 2.75 bits per heavy atom. The van der Waals surface area contributed by atoms with Crippen LogP contribution < -0.4 is 0 Å². The van der Waals surface area contributed by atoms with E-state index in [0.29, 0.717) is 6.42 Å². The highest BCUT2D eigenvalue weighted by molar-refractivity contribution is 9.10. The van der Waals surface area contributed by atoms with Crippen molar-refractivity contribution in [3.05, 3.63) is 40.4 Å². The summed E-state index contributed by atoms with van der Waals surface area (Å²) in [4.78, 5) is 11.5. The first-order valence-corrected chi connectivity index (χ1v) is 5.97. The number of hydrogen-bond donors (Lipinski definition) is 1. The third-order valence-electron chi connectivity index (χ3n) is 2.66. The van der Waals surface area contributed by atoms with E-state index < -0.39 is 5.60 Å². The van der Waals surface area contributed by atoms with Gasteiger partial charge in [-0.1, -0.05) is 28.1 Å². The molecule has 1 aliphatic carbocycles. The molecule has 0 unspecified atom stereocenters. The summed E-state index contributed by atoms with van der Waals surface area (Å²) in [5, 5.41) is 9.97. The lowest BCUT2D eigenvalue weighted by Gasteiger charge is -2.27. The molecule has 1 N–H and O–H groups in total. The number of rotatable bonds is 1. The van der Waals surface area contributed by atoms with Gasteiger partial charge in [0.05, 0.1) is 5.60 Å².